The van der Waals surface area contributed by atoms with E-state index in [-0.39, 0.29) is 17.9 Å². The first kappa shape index (κ1) is 20.1. The zero-order valence-electron chi connectivity index (χ0n) is 16.2. The van der Waals surface area contributed by atoms with E-state index in [0.717, 1.165) is 43.4 Å². The molecule has 1 fully saturated rings. The lowest BCUT2D eigenvalue weighted by Crippen LogP contribution is -2.40. The summed E-state index contributed by atoms with van der Waals surface area (Å²) in [5, 5.41) is 3.21. The van der Waals surface area contributed by atoms with Crippen molar-refractivity contribution in [2.75, 3.05) is 13.1 Å². The highest BCUT2D eigenvalue weighted by Gasteiger charge is 2.26. The van der Waals surface area contributed by atoms with Crippen molar-refractivity contribution in [3.8, 4) is 0 Å². The van der Waals surface area contributed by atoms with E-state index in [9.17, 15) is 4.79 Å². The normalized spacial score (nSPS) is 16.9. The summed E-state index contributed by atoms with van der Waals surface area (Å²) >= 11 is 3.48. The van der Waals surface area contributed by atoms with E-state index in [1.54, 1.807) is 0 Å². The summed E-state index contributed by atoms with van der Waals surface area (Å²) < 4.78 is 1.11. The number of likely N-dealkylation sites (tertiary alicyclic amines) is 1. The van der Waals surface area contributed by atoms with Crippen molar-refractivity contribution in [2.45, 2.75) is 45.7 Å². The van der Waals surface area contributed by atoms with Gasteiger partial charge in [0.25, 0.3) is 0 Å². The summed E-state index contributed by atoms with van der Waals surface area (Å²) in [5.41, 5.74) is 3.83. The lowest BCUT2D eigenvalue weighted by molar-refractivity contribution is -0.127. The molecule has 1 N–H and O–H groups in total. The number of aryl methyl sites for hydroxylation is 1. The molecule has 1 aliphatic heterocycles. The summed E-state index contributed by atoms with van der Waals surface area (Å²) in [6, 6.07) is 17.1. The third-order valence-corrected chi connectivity index (χ3v) is 6.05. The molecule has 1 saturated heterocycles. The van der Waals surface area contributed by atoms with Crippen LogP contribution < -0.4 is 5.32 Å². The number of hydrogen-bond acceptors (Lipinski definition) is 2. The number of nitrogens with one attached hydrogen (secondary N) is 1. The highest BCUT2D eigenvalue weighted by atomic mass is 79.9. The van der Waals surface area contributed by atoms with Gasteiger partial charge in [0.2, 0.25) is 5.91 Å². The summed E-state index contributed by atoms with van der Waals surface area (Å²) in [4.78, 5) is 15.1. The third kappa shape index (κ3) is 5.66. The molecule has 144 valence electrons. The van der Waals surface area contributed by atoms with Crippen LogP contribution in [0.15, 0.2) is 53.0 Å². The fraction of sp³-hybridized carbons (Fsp3) is 0.435. The van der Waals surface area contributed by atoms with Crippen LogP contribution in [0.2, 0.25) is 0 Å². The minimum atomic E-state index is 0.0594. The van der Waals surface area contributed by atoms with Gasteiger partial charge in [-0.15, -0.1) is 0 Å². The Morgan fingerprint density at radius 1 is 1.07 bits per heavy atom. The van der Waals surface area contributed by atoms with E-state index in [1.165, 1.54) is 16.7 Å². The average molecular weight is 429 g/mol. The highest BCUT2D eigenvalue weighted by Crippen LogP contribution is 2.22. The number of amides is 1. The van der Waals surface area contributed by atoms with Gasteiger partial charge in [-0.25, -0.2) is 0 Å². The number of hydrogen-bond donors (Lipinski definition) is 1. The largest absolute Gasteiger partial charge is 0.349 e. The molecule has 0 saturated carbocycles. The van der Waals surface area contributed by atoms with Crippen molar-refractivity contribution in [3.63, 3.8) is 0 Å². The topological polar surface area (TPSA) is 32.3 Å². The Morgan fingerprint density at radius 3 is 2.26 bits per heavy atom. The van der Waals surface area contributed by atoms with Crippen molar-refractivity contribution in [1.29, 1.82) is 0 Å². The van der Waals surface area contributed by atoms with Gasteiger partial charge >= 0.3 is 0 Å². The summed E-state index contributed by atoms with van der Waals surface area (Å²) in [5.74, 6) is 0.328. The number of carbonyl (C=O) groups excluding carboxylic acids is 1. The van der Waals surface area contributed by atoms with Gasteiger partial charge in [-0.2, -0.15) is 0 Å². The van der Waals surface area contributed by atoms with E-state index in [2.05, 4.69) is 88.5 Å². The van der Waals surface area contributed by atoms with Gasteiger partial charge < -0.3 is 5.32 Å². The van der Waals surface area contributed by atoms with Gasteiger partial charge in [-0.05, 0) is 68.1 Å². The predicted molar refractivity (Wildman–Crippen MR) is 115 cm³/mol. The SMILES string of the molecule is CCc1ccc([C@@H](C)NC(=O)C2CCN(Cc3ccc(Br)cc3)CC2)cc1. The Morgan fingerprint density at radius 2 is 1.67 bits per heavy atom. The standard InChI is InChI=1S/C23H29BrN2O/c1-3-18-4-8-20(9-5-18)17(2)25-23(27)21-12-14-26(15-13-21)16-19-6-10-22(24)11-7-19/h4-11,17,21H,3,12-16H2,1-2H3,(H,25,27)/t17-/m1/s1. The second-order valence-electron chi connectivity index (χ2n) is 7.50. The van der Waals surface area contributed by atoms with Crippen LogP contribution in [0.25, 0.3) is 0 Å². The molecule has 0 spiro atoms. The molecule has 1 amide bonds. The Kier molecular flexibility index (Phi) is 7.08. The first-order valence-corrected chi connectivity index (χ1v) is 10.7. The molecule has 3 nitrogen and oxygen atoms in total. The van der Waals surface area contributed by atoms with E-state index < -0.39 is 0 Å². The second kappa shape index (κ2) is 9.52. The average Bonchev–Trinajstić information content (AvgIpc) is 2.70. The second-order valence-corrected chi connectivity index (χ2v) is 8.42. The molecule has 1 atom stereocenters. The minimum absolute atomic E-state index is 0.0594. The molecular weight excluding hydrogens is 400 g/mol. The monoisotopic (exact) mass is 428 g/mol. The van der Waals surface area contributed by atoms with Crippen molar-refractivity contribution < 1.29 is 4.79 Å². The first-order valence-electron chi connectivity index (χ1n) is 9.91. The molecule has 3 rings (SSSR count). The van der Waals surface area contributed by atoms with Gasteiger partial charge in [0.1, 0.15) is 0 Å². The van der Waals surface area contributed by atoms with Crippen molar-refractivity contribution in [2.24, 2.45) is 5.92 Å². The highest BCUT2D eigenvalue weighted by molar-refractivity contribution is 9.10. The van der Waals surface area contributed by atoms with Gasteiger partial charge in [-0.1, -0.05) is 59.3 Å². The van der Waals surface area contributed by atoms with Crippen LogP contribution in [0.5, 0.6) is 0 Å². The minimum Gasteiger partial charge on any atom is -0.349 e. The lowest BCUT2D eigenvalue weighted by atomic mass is 9.94. The third-order valence-electron chi connectivity index (χ3n) is 5.52. The van der Waals surface area contributed by atoms with Crippen LogP contribution in [0.3, 0.4) is 0 Å². The van der Waals surface area contributed by atoms with Crippen molar-refractivity contribution in [1.82, 2.24) is 10.2 Å². The number of benzene rings is 2. The van der Waals surface area contributed by atoms with Gasteiger partial charge in [-0.3, -0.25) is 9.69 Å². The molecule has 2 aromatic carbocycles. The zero-order chi connectivity index (χ0) is 19.2. The van der Waals surface area contributed by atoms with Crippen molar-refractivity contribution >= 4 is 21.8 Å². The van der Waals surface area contributed by atoms with Crippen LogP contribution in [-0.4, -0.2) is 23.9 Å². The maximum Gasteiger partial charge on any atom is 0.223 e. The van der Waals surface area contributed by atoms with Crippen LogP contribution >= 0.6 is 15.9 Å². The number of halogens is 1. The molecule has 1 heterocycles. The smallest absolute Gasteiger partial charge is 0.223 e. The number of rotatable bonds is 6. The molecular formula is C23H29BrN2O. The van der Waals surface area contributed by atoms with E-state index in [4.69, 9.17) is 0 Å². The summed E-state index contributed by atoms with van der Waals surface area (Å²) in [6.45, 7) is 7.15. The van der Waals surface area contributed by atoms with E-state index >= 15 is 0 Å². The molecule has 0 aromatic heterocycles. The first-order chi connectivity index (χ1) is 13.0. The van der Waals surface area contributed by atoms with Crippen LogP contribution in [0.4, 0.5) is 0 Å². The molecule has 2 aromatic rings. The Labute approximate surface area is 171 Å². The predicted octanol–water partition coefficient (Wildman–Crippen LogP) is 5.10. The maximum absolute atomic E-state index is 12.7. The van der Waals surface area contributed by atoms with Crippen molar-refractivity contribution in [3.05, 3.63) is 69.7 Å². The maximum atomic E-state index is 12.7. The van der Waals surface area contributed by atoms with Crippen LogP contribution in [0, 0.1) is 5.92 Å². The fourth-order valence-electron chi connectivity index (χ4n) is 3.66. The molecule has 4 heteroatoms. The van der Waals surface area contributed by atoms with E-state index in [0.29, 0.717) is 0 Å². The van der Waals surface area contributed by atoms with Crippen LogP contribution in [0.1, 0.15) is 49.4 Å². The lowest BCUT2D eigenvalue weighted by Gasteiger charge is -2.32. The number of piperidine rings is 1. The Hall–Kier alpha value is -1.65. The Balaban J connectivity index is 1.46. The van der Waals surface area contributed by atoms with Gasteiger partial charge in [0.15, 0.2) is 0 Å². The zero-order valence-corrected chi connectivity index (χ0v) is 17.8. The quantitative estimate of drug-likeness (QED) is 0.693. The molecule has 0 bridgehead atoms. The summed E-state index contributed by atoms with van der Waals surface area (Å²) in [6.07, 6.45) is 2.91. The molecule has 0 unspecified atom stereocenters. The van der Waals surface area contributed by atoms with Crippen LogP contribution in [-0.2, 0) is 17.8 Å². The number of nitrogens with zero attached hydrogens (tertiary/aromatic N) is 1. The Bertz CT molecular complexity index is 734. The van der Waals surface area contributed by atoms with Gasteiger partial charge in [0.05, 0.1) is 6.04 Å². The molecule has 1 aliphatic rings. The molecule has 0 aliphatic carbocycles. The summed E-state index contributed by atoms with van der Waals surface area (Å²) in [7, 11) is 0. The number of carbonyl (C=O) groups is 1. The molecule has 27 heavy (non-hydrogen) atoms. The molecule has 0 radical (unpaired) electrons. The fourth-order valence-corrected chi connectivity index (χ4v) is 3.92. The van der Waals surface area contributed by atoms with Gasteiger partial charge in [0, 0.05) is 16.9 Å². The van der Waals surface area contributed by atoms with E-state index in [1.807, 2.05) is 0 Å².